The van der Waals surface area contributed by atoms with Gasteiger partial charge in [0.25, 0.3) is 0 Å². The molecule has 0 aliphatic carbocycles. The molecule has 1 atom stereocenters. The van der Waals surface area contributed by atoms with Crippen molar-refractivity contribution in [2.45, 2.75) is 96.9 Å². The number of nitrogens with two attached hydrogens (primary N) is 1. The van der Waals surface area contributed by atoms with E-state index in [-0.39, 0.29) is 24.1 Å². The van der Waals surface area contributed by atoms with Gasteiger partial charge < -0.3 is 20.9 Å². The zero-order valence-electron chi connectivity index (χ0n) is 19.3. The first kappa shape index (κ1) is 26.4. The van der Waals surface area contributed by atoms with Crippen LogP contribution in [0.1, 0.15) is 90.9 Å². The summed E-state index contributed by atoms with van der Waals surface area (Å²) in [7, 11) is 0. The summed E-state index contributed by atoms with van der Waals surface area (Å²) in [6.07, 6.45) is 10.3. The minimum Gasteiger partial charge on any atom is -0.356 e. The average molecular weight is 425 g/mol. The summed E-state index contributed by atoms with van der Waals surface area (Å²) in [6.45, 7) is 8.22. The molecule has 30 heavy (non-hydrogen) atoms. The number of nitrogens with zero attached hydrogens (tertiary/aromatic N) is 2. The molecule has 3 N–H and O–H groups in total. The van der Waals surface area contributed by atoms with Gasteiger partial charge in [0, 0.05) is 45.6 Å². The fraction of sp³-hybridized carbons (Fsp3) is 0.870. The van der Waals surface area contributed by atoms with Crippen LogP contribution >= 0.6 is 0 Å². The third-order valence-electron chi connectivity index (χ3n) is 5.72. The highest BCUT2D eigenvalue weighted by atomic mass is 16.2. The van der Waals surface area contributed by atoms with Gasteiger partial charge in [-0.2, -0.15) is 0 Å². The molecule has 0 aromatic heterocycles. The van der Waals surface area contributed by atoms with E-state index in [1.54, 1.807) is 4.90 Å². The van der Waals surface area contributed by atoms with E-state index in [2.05, 4.69) is 19.2 Å². The van der Waals surface area contributed by atoms with E-state index in [1.165, 1.54) is 0 Å². The van der Waals surface area contributed by atoms with Crippen molar-refractivity contribution in [3.63, 3.8) is 0 Å². The number of amides is 3. The van der Waals surface area contributed by atoms with E-state index in [1.807, 2.05) is 4.90 Å². The van der Waals surface area contributed by atoms with Gasteiger partial charge in [0.2, 0.25) is 17.7 Å². The minimum atomic E-state index is -0.580. The van der Waals surface area contributed by atoms with Crippen molar-refractivity contribution in [3.05, 3.63) is 0 Å². The lowest BCUT2D eigenvalue weighted by atomic mass is 10.1. The van der Waals surface area contributed by atoms with Crippen LogP contribution in [-0.4, -0.2) is 66.3 Å². The number of rotatable bonds is 16. The molecular formula is C23H44N4O3. The quantitative estimate of drug-likeness (QED) is 0.372. The smallest absolute Gasteiger partial charge is 0.239 e. The molecular weight excluding hydrogens is 380 g/mol. The van der Waals surface area contributed by atoms with Crippen molar-refractivity contribution in [3.8, 4) is 0 Å². The molecule has 1 aliphatic heterocycles. The van der Waals surface area contributed by atoms with Crippen molar-refractivity contribution >= 4 is 17.7 Å². The van der Waals surface area contributed by atoms with Gasteiger partial charge >= 0.3 is 0 Å². The highest BCUT2D eigenvalue weighted by Crippen LogP contribution is 2.10. The summed E-state index contributed by atoms with van der Waals surface area (Å²) in [5, 5.41) is 2.90. The Morgan fingerprint density at radius 2 is 1.57 bits per heavy atom. The predicted octanol–water partition coefficient (Wildman–Crippen LogP) is 2.82. The molecule has 0 saturated carbocycles. The van der Waals surface area contributed by atoms with Crippen molar-refractivity contribution < 1.29 is 14.4 Å². The molecule has 0 radical (unpaired) electrons. The maximum absolute atomic E-state index is 12.4. The van der Waals surface area contributed by atoms with Gasteiger partial charge in [0.1, 0.15) is 0 Å². The molecule has 1 rings (SSSR count). The van der Waals surface area contributed by atoms with Crippen LogP contribution < -0.4 is 11.1 Å². The lowest BCUT2D eigenvalue weighted by Crippen LogP contribution is -2.43. The van der Waals surface area contributed by atoms with Gasteiger partial charge in [0.05, 0.1) is 6.04 Å². The van der Waals surface area contributed by atoms with Gasteiger partial charge in [0.15, 0.2) is 0 Å². The highest BCUT2D eigenvalue weighted by molar-refractivity contribution is 5.83. The number of unbranched alkanes of at least 4 members (excludes halogenated alkanes) is 4. The van der Waals surface area contributed by atoms with Crippen LogP contribution in [0, 0.1) is 0 Å². The maximum atomic E-state index is 12.4. The summed E-state index contributed by atoms with van der Waals surface area (Å²) < 4.78 is 0. The van der Waals surface area contributed by atoms with Gasteiger partial charge in [-0.3, -0.25) is 14.4 Å². The van der Waals surface area contributed by atoms with Crippen LogP contribution in [-0.2, 0) is 14.4 Å². The number of carbonyl (C=O) groups is 3. The SMILES string of the molecule is CCCCN(CCCC)C(=O)CCCCCNC(=O)CC[C@H](N)C(=O)N1CCCC1. The Labute approximate surface area is 183 Å². The third kappa shape index (κ3) is 11.0. The summed E-state index contributed by atoms with van der Waals surface area (Å²) in [5.74, 6) is 0.176. The van der Waals surface area contributed by atoms with Crippen molar-refractivity contribution in [2.24, 2.45) is 5.73 Å². The summed E-state index contributed by atoms with van der Waals surface area (Å²) >= 11 is 0. The molecule has 0 aromatic rings. The predicted molar refractivity (Wildman–Crippen MR) is 121 cm³/mol. The number of carbonyl (C=O) groups excluding carboxylic acids is 3. The largest absolute Gasteiger partial charge is 0.356 e. The van der Waals surface area contributed by atoms with Gasteiger partial charge in [-0.05, 0) is 44.9 Å². The van der Waals surface area contributed by atoms with Crippen LogP contribution in [0.5, 0.6) is 0 Å². The third-order valence-corrected chi connectivity index (χ3v) is 5.72. The summed E-state index contributed by atoms with van der Waals surface area (Å²) in [6, 6.07) is -0.580. The Morgan fingerprint density at radius 3 is 2.17 bits per heavy atom. The standard InChI is InChI=1S/C23H44N4O3/c1-3-5-16-26(17-6-4-2)22(29)12-8-7-9-15-25-21(28)14-13-20(24)23(30)27-18-10-11-19-27/h20H,3-19,24H2,1-2H3,(H,25,28)/t20-/m0/s1. The van der Waals surface area contributed by atoms with E-state index >= 15 is 0 Å². The van der Waals surface area contributed by atoms with Crippen LogP contribution in [0.2, 0.25) is 0 Å². The van der Waals surface area contributed by atoms with Crippen LogP contribution in [0.4, 0.5) is 0 Å². The van der Waals surface area contributed by atoms with Crippen molar-refractivity contribution in [2.75, 3.05) is 32.7 Å². The minimum absolute atomic E-state index is 0.0307. The lowest BCUT2D eigenvalue weighted by molar-refractivity contribution is -0.132. The molecule has 0 aromatic carbocycles. The summed E-state index contributed by atoms with van der Waals surface area (Å²) in [5.41, 5.74) is 5.95. The highest BCUT2D eigenvalue weighted by Gasteiger charge is 2.23. The Kier molecular flexibility index (Phi) is 14.2. The maximum Gasteiger partial charge on any atom is 0.239 e. The fourth-order valence-electron chi connectivity index (χ4n) is 3.69. The van der Waals surface area contributed by atoms with E-state index < -0.39 is 6.04 Å². The van der Waals surface area contributed by atoms with Gasteiger partial charge in [-0.15, -0.1) is 0 Å². The van der Waals surface area contributed by atoms with Crippen LogP contribution in [0.15, 0.2) is 0 Å². The molecule has 0 spiro atoms. The Hall–Kier alpha value is -1.63. The van der Waals surface area contributed by atoms with Crippen LogP contribution in [0.3, 0.4) is 0 Å². The first-order chi connectivity index (χ1) is 14.5. The average Bonchev–Trinajstić information content (AvgIpc) is 3.28. The second-order valence-corrected chi connectivity index (χ2v) is 8.43. The van der Waals surface area contributed by atoms with Crippen molar-refractivity contribution in [1.82, 2.24) is 15.1 Å². The van der Waals surface area contributed by atoms with E-state index in [4.69, 9.17) is 5.73 Å². The number of hydrogen-bond donors (Lipinski definition) is 2. The number of nitrogens with one attached hydrogen (secondary N) is 1. The molecule has 1 heterocycles. The normalized spacial score (nSPS) is 14.6. The summed E-state index contributed by atoms with van der Waals surface area (Å²) in [4.78, 5) is 40.3. The second-order valence-electron chi connectivity index (χ2n) is 8.43. The molecule has 174 valence electrons. The topological polar surface area (TPSA) is 95.7 Å². The first-order valence-corrected chi connectivity index (χ1v) is 12.1. The molecule has 0 unspecified atom stereocenters. The van der Waals surface area contributed by atoms with Crippen molar-refractivity contribution in [1.29, 1.82) is 0 Å². The second kappa shape index (κ2) is 16.1. The lowest BCUT2D eigenvalue weighted by Gasteiger charge is -2.22. The Morgan fingerprint density at radius 1 is 0.933 bits per heavy atom. The molecule has 1 fully saturated rings. The van der Waals surface area contributed by atoms with Crippen LogP contribution in [0.25, 0.3) is 0 Å². The Bertz CT molecular complexity index is 499. The van der Waals surface area contributed by atoms with E-state index in [0.29, 0.717) is 19.4 Å². The molecule has 7 nitrogen and oxygen atoms in total. The van der Waals surface area contributed by atoms with Gasteiger partial charge in [-0.25, -0.2) is 0 Å². The molecule has 0 bridgehead atoms. The molecule has 1 saturated heterocycles. The zero-order chi connectivity index (χ0) is 22.2. The zero-order valence-corrected chi connectivity index (χ0v) is 19.3. The molecule has 3 amide bonds. The van der Waals surface area contributed by atoms with E-state index in [0.717, 1.165) is 84.0 Å². The van der Waals surface area contributed by atoms with Gasteiger partial charge in [-0.1, -0.05) is 33.1 Å². The fourth-order valence-corrected chi connectivity index (χ4v) is 3.69. The monoisotopic (exact) mass is 424 g/mol. The first-order valence-electron chi connectivity index (χ1n) is 12.1. The molecule has 7 heteroatoms. The number of hydrogen-bond acceptors (Lipinski definition) is 4. The molecule has 1 aliphatic rings. The van der Waals surface area contributed by atoms with E-state index in [9.17, 15) is 14.4 Å². The Balaban J connectivity index is 2.09. The number of likely N-dealkylation sites (tertiary alicyclic amines) is 1.